The predicted molar refractivity (Wildman–Crippen MR) is 122 cm³/mol. The van der Waals surface area contributed by atoms with Crippen molar-refractivity contribution in [3.8, 4) is 0 Å². The summed E-state index contributed by atoms with van der Waals surface area (Å²) >= 11 is 0. The Bertz CT molecular complexity index is 1030. The van der Waals surface area contributed by atoms with E-state index in [0.29, 0.717) is 24.2 Å². The number of nitrogens with zero attached hydrogens (tertiary/aromatic N) is 4. The molecule has 4 aliphatic carbocycles. The maximum Gasteiger partial charge on any atom is 0.157 e. The lowest BCUT2D eigenvalue weighted by Gasteiger charge is -2.56. The first-order valence-electron chi connectivity index (χ1n) is 12.7. The van der Waals surface area contributed by atoms with Crippen LogP contribution in [0.25, 0.3) is 11.0 Å². The monoisotopic (exact) mass is 436 g/mol. The van der Waals surface area contributed by atoms with Crippen molar-refractivity contribution in [1.82, 2.24) is 20.0 Å². The summed E-state index contributed by atoms with van der Waals surface area (Å²) in [5, 5.41) is 19.1. The van der Waals surface area contributed by atoms with Crippen molar-refractivity contribution in [2.75, 3.05) is 0 Å². The van der Waals surface area contributed by atoms with Gasteiger partial charge in [-0.2, -0.15) is 0 Å². The maximum absolute atomic E-state index is 13.5. The summed E-state index contributed by atoms with van der Waals surface area (Å²) in [5.74, 6) is 4.21. The quantitative estimate of drug-likeness (QED) is 0.771. The molecule has 0 spiro atoms. The van der Waals surface area contributed by atoms with Crippen LogP contribution in [-0.4, -0.2) is 36.5 Å². The highest BCUT2D eigenvalue weighted by Crippen LogP contribution is 2.64. The Hall–Kier alpha value is -1.82. The predicted octanol–water partition coefficient (Wildman–Crippen LogP) is 4.42. The van der Waals surface area contributed by atoms with Gasteiger partial charge in [-0.25, -0.2) is 4.68 Å². The molecule has 0 radical (unpaired) electrons. The van der Waals surface area contributed by atoms with Crippen molar-refractivity contribution in [1.29, 1.82) is 0 Å². The molecule has 4 saturated carbocycles. The molecular formula is C26H36N4O2. The van der Waals surface area contributed by atoms with Crippen LogP contribution in [0.3, 0.4) is 0 Å². The molecule has 4 aliphatic rings. The van der Waals surface area contributed by atoms with Crippen LogP contribution in [0.5, 0.6) is 0 Å². The fourth-order valence-corrected chi connectivity index (χ4v) is 8.80. The molecule has 0 aromatic carbocycles. The number of fused-ring (bicyclic) bond motifs is 6. The van der Waals surface area contributed by atoms with Gasteiger partial charge in [0.1, 0.15) is 17.6 Å². The Kier molecular flexibility index (Phi) is 4.76. The highest BCUT2D eigenvalue weighted by atomic mass is 16.3. The summed E-state index contributed by atoms with van der Waals surface area (Å²) < 4.78 is 1.74. The molecule has 1 N–H and O–H groups in total. The van der Waals surface area contributed by atoms with Crippen LogP contribution in [-0.2, 0) is 11.3 Å². The van der Waals surface area contributed by atoms with Gasteiger partial charge in [-0.15, -0.1) is 5.10 Å². The second-order valence-electron chi connectivity index (χ2n) is 11.9. The molecule has 6 rings (SSSR count). The third kappa shape index (κ3) is 3.16. The summed E-state index contributed by atoms with van der Waals surface area (Å²) in [4.78, 5) is 17.7. The zero-order valence-electron chi connectivity index (χ0n) is 19.4. The topological polar surface area (TPSA) is 80.9 Å². The molecule has 6 nitrogen and oxygen atoms in total. The van der Waals surface area contributed by atoms with Gasteiger partial charge < -0.3 is 5.11 Å². The minimum Gasteiger partial charge on any atom is -0.390 e. The lowest BCUT2D eigenvalue weighted by molar-refractivity contribution is -0.133. The number of Topliss-reactive ketones (excluding diaryl/α,β-unsaturated/α-hetero) is 1. The molecule has 2 aromatic rings. The smallest absolute Gasteiger partial charge is 0.157 e. The Balaban J connectivity index is 1.20. The average molecular weight is 437 g/mol. The zero-order valence-corrected chi connectivity index (χ0v) is 19.4. The van der Waals surface area contributed by atoms with Crippen LogP contribution in [0.2, 0.25) is 0 Å². The van der Waals surface area contributed by atoms with E-state index in [4.69, 9.17) is 0 Å². The summed E-state index contributed by atoms with van der Waals surface area (Å²) in [6, 6.07) is 1.85. The summed E-state index contributed by atoms with van der Waals surface area (Å²) in [6.07, 6.45) is 13.8. The van der Waals surface area contributed by atoms with Crippen LogP contribution in [0, 0.1) is 40.9 Å². The van der Waals surface area contributed by atoms with E-state index >= 15 is 0 Å². The first-order chi connectivity index (χ1) is 15.4. The summed E-state index contributed by atoms with van der Waals surface area (Å²) in [7, 11) is 0. The van der Waals surface area contributed by atoms with Gasteiger partial charge in [0, 0.05) is 12.1 Å². The zero-order chi connectivity index (χ0) is 22.1. The van der Waals surface area contributed by atoms with E-state index in [1.54, 1.807) is 17.1 Å². The number of hydrogen-bond donors (Lipinski definition) is 1. The Labute approximate surface area is 190 Å². The molecular weight excluding hydrogens is 400 g/mol. The number of carbonyl (C=O) groups is 1. The van der Waals surface area contributed by atoms with Crippen LogP contribution in [0.15, 0.2) is 18.5 Å². The molecule has 8 unspecified atom stereocenters. The number of rotatable bonds is 3. The normalized spacial score (nSPS) is 43.5. The van der Waals surface area contributed by atoms with Gasteiger partial charge in [0.15, 0.2) is 5.78 Å². The van der Waals surface area contributed by atoms with E-state index in [2.05, 4.69) is 22.2 Å². The largest absolute Gasteiger partial charge is 0.390 e. The number of hydrogen-bond acceptors (Lipinski definition) is 5. The van der Waals surface area contributed by atoms with Gasteiger partial charge in [0.2, 0.25) is 0 Å². The highest BCUT2D eigenvalue weighted by molar-refractivity contribution is 5.84. The molecule has 0 aliphatic heterocycles. The van der Waals surface area contributed by atoms with Crippen molar-refractivity contribution in [2.24, 2.45) is 40.9 Å². The van der Waals surface area contributed by atoms with E-state index in [9.17, 15) is 9.90 Å². The number of ketones is 1. The van der Waals surface area contributed by atoms with Crippen LogP contribution < -0.4 is 0 Å². The van der Waals surface area contributed by atoms with Crippen molar-refractivity contribution >= 4 is 16.8 Å². The molecule has 0 saturated heterocycles. The summed E-state index contributed by atoms with van der Waals surface area (Å²) in [5.41, 5.74) is 1.31. The van der Waals surface area contributed by atoms with Crippen LogP contribution >= 0.6 is 0 Å². The first kappa shape index (κ1) is 20.8. The fraction of sp³-hybridized carbons (Fsp3) is 0.769. The molecule has 2 heterocycles. The molecule has 0 bridgehead atoms. The van der Waals surface area contributed by atoms with Gasteiger partial charge in [0.25, 0.3) is 0 Å². The number of carbonyl (C=O) groups excluding carboxylic acids is 1. The Morgan fingerprint density at radius 2 is 1.94 bits per heavy atom. The van der Waals surface area contributed by atoms with Crippen LogP contribution in [0.1, 0.15) is 71.6 Å². The second kappa shape index (κ2) is 7.34. The number of aliphatic hydroxyl groups is 1. The lowest BCUT2D eigenvalue weighted by atomic mass is 9.49. The Morgan fingerprint density at radius 3 is 2.81 bits per heavy atom. The summed E-state index contributed by atoms with van der Waals surface area (Å²) in [6.45, 7) is 4.76. The van der Waals surface area contributed by atoms with Crippen molar-refractivity contribution < 1.29 is 9.90 Å². The minimum absolute atomic E-state index is 0.125. The van der Waals surface area contributed by atoms with E-state index in [1.807, 2.05) is 13.0 Å². The number of aromatic nitrogens is 4. The van der Waals surface area contributed by atoms with Crippen molar-refractivity contribution in [2.45, 2.75) is 83.8 Å². The van der Waals surface area contributed by atoms with Crippen molar-refractivity contribution in [3.05, 3.63) is 18.5 Å². The van der Waals surface area contributed by atoms with E-state index in [1.165, 1.54) is 38.5 Å². The lowest BCUT2D eigenvalue weighted by Crippen LogP contribution is -2.51. The molecule has 4 fully saturated rings. The molecule has 0 amide bonds. The SMILES string of the molecule is CC1(O)CCC2C(CCC3C2CCC2(C)C(C(=O)Cn4nnc5ccncc54)CCC32)C1. The molecule has 172 valence electrons. The standard InChI is InChI=1S/C26H36N4O2/c1-25(32)10-7-17-16(13-25)3-4-19-18(17)8-11-26(2)20(19)5-6-21(26)24(31)15-30-23-14-27-12-9-22(23)28-29-30/h9,12,14,16-21,32H,3-8,10-11,13,15H2,1-2H3. The van der Waals surface area contributed by atoms with E-state index < -0.39 is 5.60 Å². The third-order valence-electron chi connectivity index (χ3n) is 10.2. The second-order valence-corrected chi connectivity index (χ2v) is 11.9. The molecule has 6 heteroatoms. The maximum atomic E-state index is 13.5. The van der Waals surface area contributed by atoms with Gasteiger partial charge >= 0.3 is 0 Å². The van der Waals surface area contributed by atoms with Gasteiger partial charge in [-0.3, -0.25) is 9.78 Å². The van der Waals surface area contributed by atoms with Gasteiger partial charge in [-0.05, 0) is 106 Å². The minimum atomic E-state index is -0.455. The van der Waals surface area contributed by atoms with E-state index in [-0.39, 0.29) is 11.3 Å². The first-order valence-corrected chi connectivity index (χ1v) is 12.7. The van der Waals surface area contributed by atoms with Crippen molar-refractivity contribution in [3.63, 3.8) is 0 Å². The fourth-order valence-electron chi connectivity index (χ4n) is 8.80. The average Bonchev–Trinajstić information content (AvgIpc) is 3.33. The Morgan fingerprint density at radius 1 is 1.09 bits per heavy atom. The molecule has 2 aromatic heterocycles. The third-order valence-corrected chi connectivity index (χ3v) is 10.2. The van der Waals surface area contributed by atoms with Gasteiger partial charge in [0.05, 0.1) is 11.8 Å². The highest BCUT2D eigenvalue weighted by Gasteiger charge is 2.58. The molecule has 32 heavy (non-hydrogen) atoms. The van der Waals surface area contributed by atoms with E-state index in [0.717, 1.165) is 48.0 Å². The number of pyridine rings is 1. The van der Waals surface area contributed by atoms with Crippen LogP contribution in [0.4, 0.5) is 0 Å². The molecule has 8 atom stereocenters. The van der Waals surface area contributed by atoms with Gasteiger partial charge in [-0.1, -0.05) is 12.1 Å².